The average Bonchev–Trinajstić information content (AvgIpc) is 2.33. The fourth-order valence-corrected chi connectivity index (χ4v) is 1.65. The zero-order valence-electron chi connectivity index (χ0n) is 5.60. The molecule has 2 unspecified atom stereocenters. The minimum Gasteiger partial charge on any atom is -0.362 e. The summed E-state index contributed by atoms with van der Waals surface area (Å²) in [5.41, 5.74) is -0.553. The molecule has 0 bridgehead atoms. The number of ether oxygens (including phenoxy) is 1. The Kier molecular flexibility index (Phi) is 3.44. The van der Waals surface area contributed by atoms with Crippen LogP contribution in [0.5, 0.6) is 0 Å². The van der Waals surface area contributed by atoms with Gasteiger partial charge in [-0.15, -0.1) is 0 Å². The molecule has 1 heterocycles. The van der Waals surface area contributed by atoms with Crippen LogP contribution < -0.4 is 0 Å². The van der Waals surface area contributed by atoms with Gasteiger partial charge in [0, 0.05) is 6.61 Å². The third-order valence-corrected chi connectivity index (χ3v) is 2.46. The van der Waals surface area contributed by atoms with Gasteiger partial charge in [-0.3, -0.25) is 4.79 Å². The number of carbonyl (C=O) groups excluding carboxylic acids is 1. The maximum Gasteiger partial charge on any atom is 0.172 e. The minimum atomic E-state index is -0.983. The Morgan fingerprint density at radius 3 is 2.55 bits per heavy atom. The van der Waals surface area contributed by atoms with E-state index >= 15 is 0 Å². The SMILES string of the molecule is O=C(C(Cl)Cl)C1CCOC1Cl. The van der Waals surface area contributed by atoms with Gasteiger partial charge in [0.15, 0.2) is 10.6 Å². The second kappa shape index (κ2) is 3.94. The number of rotatable bonds is 2. The molecular formula is C6H7Cl3O2. The third kappa shape index (κ3) is 2.22. The van der Waals surface area contributed by atoms with Gasteiger partial charge in [0.1, 0.15) is 5.56 Å². The molecule has 11 heavy (non-hydrogen) atoms. The summed E-state index contributed by atoms with van der Waals surface area (Å²) in [5, 5.41) is 0. The van der Waals surface area contributed by atoms with Crippen LogP contribution in [0.25, 0.3) is 0 Å². The molecule has 1 fully saturated rings. The number of carbonyl (C=O) groups is 1. The topological polar surface area (TPSA) is 26.3 Å². The molecule has 0 spiro atoms. The lowest BCUT2D eigenvalue weighted by molar-refractivity contribution is -0.121. The fraction of sp³-hybridized carbons (Fsp3) is 0.833. The summed E-state index contributed by atoms with van der Waals surface area (Å²) in [6.07, 6.45) is 0.614. The monoisotopic (exact) mass is 216 g/mol. The Hall–Kier alpha value is 0.500. The summed E-state index contributed by atoms with van der Waals surface area (Å²) in [6, 6.07) is 0. The molecule has 0 radical (unpaired) electrons. The Balaban J connectivity index is 2.53. The van der Waals surface area contributed by atoms with Crippen LogP contribution in [0, 0.1) is 5.92 Å². The van der Waals surface area contributed by atoms with Gasteiger partial charge < -0.3 is 4.74 Å². The molecule has 1 aliphatic rings. The number of hydrogen-bond donors (Lipinski definition) is 0. The van der Waals surface area contributed by atoms with E-state index in [4.69, 9.17) is 39.5 Å². The Labute approximate surface area is 79.7 Å². The van der Waals surface area contributed by atoms with Gasteiger partial charge in [-0.1, -0.05) is 34.8 Å². The van der Waals surface area contributed by atoms with Crippen LogP contribution >= 0.6 is 34.8 Å². The molecule has 0 amide bonds. The summed E-state index contributed by atoms with van der Waals surface area (Å²) >= 11 is 16.4. The van der Waals surface area contributed by atoms with Crippen molar-refractivity contribution in [1.29, 1.82) is 0 Å². The van der Waals surface area contributed by atoms with E-state index in [1.807, 2.05) is 0 Å². The van der Waals surface area contributed by atoms with Crippen molar-refractivity contribution in [3.63, 3.8) is 0 Å². The first-order valence-corrected chi connectivity index (χ1v) is 4.51. The molecule has 0 aromatic rings. The van der Waals surface area contributed by atoms with Crippen LogP contribution in [0.1, 0.15) is 6.42 Å². The van der Waals surface area contributed by atoms with Gasteiger partial charge in [-0.25, -0.2) is 0 Å². The molecule has 0 aromatic heterocycles. The first kappa shape index (κ1) is 9.59. The van der Waals surface area contributed by atoms with E-state index in [1.165, 1.54) is 0 Å². The van der Waals surface area contributed by atoms with Crippen molar-refractivity contribution >= 4 is 40.6 Å². The van der Waals surface area contributed by atoms with Crippen molar-refractivity contribution < 1.29 is 9.53 Å². The van der Waals surface area contributed by atoms with Gasteiger partial charge in [0.2, 0.25) is 0 Å². The molecule has 0 aromatic carbocycles. The zero-order chi connectivity index (χ0) is 8.43. The molecule has 0 aliphatic carbocycles. The maximum atomic E-state index is 11.1. The lowest BCUT2D eigenvalue weighted by Crippen LogP contribution is -2.24. The van der Waals surface area contributed by atoms with Gasteiger partial charge in [0.25, 0.3) is 0 Å². The Morgan fingerprint density at radius 2 is 2.18 bits per heavy atom. The third-order valence-electron chi connectivity index (χ3n) is 1.60. The second-order valence-electron chi connectivity index (χ2n) is 2.32. The van der Waals surface area contributed by atoms with Gasteiger partial charge in [-0.2, -0.15) is 0 Å². The zero-order valence-corrected chi connectivity index (χ0v) is 7.86. The molecule has 0 saturated carbocycles. The van der Waals surface area contributed by atoms with Crippen molar-refractivity contribution in [1.82, 2.24) is 0 Å². The highest BCUT2D eigenvalue weighted by Gasteiger charge is 2.34. The first-order valence-electron chi connectivity index (χ1n) is 3.20. The minimum absolute atomic E-state index is 0.245. The standard InChI is InChI=1S/C6H7Cl3O2/c7-5(8)4(10)3-1-2-11-6(3)9/h3,5-6H,1-2H2. The molecule has 1 saturated heterocycles. The van der Waals surface area contributed by atoms with Crippen LogP contribution in [-0.4, -0.2) is 22.8 Å². The lowest BCUT2D eigenvalue weighted by Gasteiger charge is -2.10. The molecular weight excluding hydrogens is 210 g/mol. The summed E-state index contributed by atoms with van der Waals surface area (Å²) in [6.45, 7) is 0.505. The summed E-state index contributed by atoms with van der Waals surface area (Å²) in [4.78, 5) is 10.1. The van der Waals surface area contributed by atoms with E-state index in [2.05, 4.69) is 0 Å². The van der Waals surface area contributed by atoms with Gasteiger partial charge in [-0.05, 0) is 6.42 Å². The van der Waals surface area contributed by atoms with E-state index in [0.29, 0.717) is 13.0 Å². The predicted octanol–water partition coefficient (Wildman–Crippen LogP) is 1.96. The molecule has 1 aliphatic heterocycles. The van der Waals surface area contributed by atoms with E-state index in [9.17, 15) is 4.79 Å². The molecule has 2 atom stereocenters. The van der Waals surface area contributed by atoms with Crippen molar-refractivity contribution in [2.24, 2.45) is 5.92 Å². The number of hydrogen-bond acceptors (Lipinski definition) is 2. The fourth-order valence-electron chi connectivity index (χ4n) is 0.988. The quantitative estimate of drug-likeness (QED) is 0.661. The van der Waals surface area contributed by atoms with Crippen molar-refractivity contribution in [3.8, 4) is 0 Å². The summed E-state index contributed by atoms with van der Waals surface area (Å²) in [7, 11) is 0. The Morgan fingerprint density at radius 1 is 1.55 bits per heavy atom. The predicted molar refractivity (Wildman–Crippen MR) is 44.2 cm³/mol. The van der Waals surface area contributed by atoms with E-state index in [-0.39, 0.29) is 11.7 Å². The first-order chi connectivity index (χ1) is 5.13. The van der Waals surface area contributed by atoms with Crippen LogP contribution in [0.4, 0.5) is 0 Å². The average molecular weight is 217 g/mol. The number of Topliss-reactive ketones (excluding diaryl/α,β-unsaturated/α-hetero) is 1. The van der Waals surface area contributed by atoms with Crippen LogP contribution in [0.15, 0.2) is 0 Å². The van der Waals surface area contributed by atoms with Crippen LogP contribution in [-0.2, 0) is 9.53 Å². The van der Waals surface area contributed by atoms with Gasteiger partial charge in [0.05, 0.1) is 5.92 Å². The number of ketones is 1. The highest BCUT2D eigenvalue weighted by atomic mass is 35.5. The van der Waals surface area contributed by atoms with E-state index in [0.717, 1.165) is 0 Å². The van der Waals surface area contributed by atoms with Crippen molar-refractivity contribution in [2.45, 2.75) is 16.8 Å². The largest absolute Gasteiger partial charge is 0.362 e. The van der Waals surface area contributed by atoms with E-state index < -0.39 is 10.4 Å². The molecule has 2 nitrogen and oxygen atoms in total. The molecule has 0 N–H and O–H groups in total. The summed E-state index contributed by atoms with van der Waals surface area (Å²) in [5.74, 6) is -0.581. The highest BCUT2D eigenvalue weighted by Crippen LogP contribution is 2.27. The molecule has 1 rings (SSSR count). The molecule has 64 valence electrons. The maximum absolute atomic E-state index is 11.1. The van der Waals surface area contributed by atoms with E-state index in [1.54, 1.807) is 0 Å². The van der Waals surface area contributed by atoms with Crippen LogP contribution in [0.2, 0.25) is 0 Å². The van der Waals surface area contributed by atoms with Gasteiger partial charge >= 0.3 is 0 Å². The number of alkyl halides is 3. The summed E-state index contributed by atoms with van der Waals surface area (Å²) < 4.78 is 4.96. The van der Waals surface area contributed by atoms with Crippen LogP contribution in [0.3, 0.4) is 0 Å². The Bertz CT molecular complexity index is 160. The van der Waals surface area contributed by atoms with Crippen molar-refractivity contribution in [3.05, 3.63) is 0 Å². The highest BCUT2D eigenvalue weighted by molar-refractivity contribution is 6.54. The van der Waals surface area contributed by atoms with Crippen molar-refractivity contribution in [2.75, 3.05) is 6.61 Å². The normalized spacial score (nSPS) is 31.3. The lowest BCUT2D eigenvalue weighted by atomic mass is 10.1. The second-order valence-corrected chi connectivity index (χ2v) is 3.85. The molecule has 5 heteroatoms. The smallest absolute Gasteiger partial charge is 0.172 e. The number of halogens is 3.